The van der Waals surface area contributed by atoms with E-state index in [-0.39, 0.29) is 5.12 Å². The molecule has 0 amide bonds. The highest BCUT2D eigenvalue weighted by Crippen LogP contribution is 2.41. The lowest BCUT2D eigenvalue weighted by atomic mass is 10.0. The normalized spacial score (nSPS) is 20.2. The largest absolute Gasteiger partial charge is 0.284 e. The molecule has 1 fully saturated rings. The first-order valence-electron chi connectivity index (χ1n) is 4.28. The van der Waals surface area contributed by atoms with Crippen LogP contribution in [0.1, 0.15) is 32.1 Å². The molecule has 0 heterocycles. The molecule has 0 aromatic rings. The van der Waals surface area contributed by atoms with Crippen LogP contribution in [0.2, 0.25) is 0 Å². The van der Waals surface area contributed by atoms with Gasteiger partial charge in [0.2, 0.25) is 7.26 Å². The number of rotatable bonds is 1. The van der Waals surface area contributed by atoms with Gasteiger partial charge in [-0.1, -0.05) is 78.8 Å². The number of thioether (sulfide) groups is 1. The second-order valence-corrected chi connectivity index (χ2v) is 11.2. The molecule has 0 bridgehead atoms. The Morgan fingerprint density at radius 1 is 1.15 bits per heavy atom. The molecule has 0 atom stereocenters. The van der Waals surface area contributed by atoms with Crippen LogP contribution in [-0.2, 0) is 4.79 Å². The van der Waals surface area contributed by atoms with Crippen LogP contribution in [0.4, 0.5) is 0 Å². The van der Waals surface area contributed by atoms with Crippen LogP contribution in [0.3, 0.4) is 0 Å². The van der Waals surface area contributed by atoms with E-state index < -0.39 is 2.14 Å². The highest BCUT2D eigenvalue weighted by atomic mass is 80.0. The molecule has 1 aliphatic carbocycles. The van der Waals surface area contributed by atoms with Gasteiger partial charge in [0.05, 0.1) is 0 Å². The summed E-state index contributed by atoms with van der Waals surface area (Å²) in [6.07, 6.45) is 6.22. The van der Waals surface area contributed by atoms with Crippen molar-refractivity contribution in [1.82, 2.24) is 0 Å². The molecule has 0 N–H and O–H groups in total. The third-order valence-corrected chi connectivity index (χ3v) is 5.25. The van der Waals surface area contributed by atoms with Crippen molar-refractivity contribution in [2.45, 2.75) is 39.5 Å². The van der Waals surface area contributed by atoms with Crippen molar-refractivity contribution in [2.24, 2.45) is 0 Å². The third kappa shape index (κ3) is 4.67. The molecule has 1 saturated carbocycles. The molecule has 1 rings (SSSR count). The molecule has 0 aromatic carbocycles. The first-order chi connectivity index (χ1) is 6.00. The van der Waals surface area contributed by atoms with Gasteiger partial charge in [-0.05, 0) is 12.8 Å². The molecule has 76 valence electrons. The Hall–Kier alpha value is 1.46. The van der Waals surface area contributed by atoms with Crippen LogP contribution < -0.4 is 0 Å². The van der Waals surface area contributed by atoms with Gasteiger partial charge in [0.1, 0.15) is 0 Å². The van der Waals surface area contributed by atoms with Crippen LogP contribution in [0.15, 0.2) is 0 Å². The smallest absolute Gasteiger partial charge is 0.227 e. The van der Waals surface area contributed by atoms with Crippen LogP contribution in [0.5, 0.6) is 0 Å². The Bertz CT molecular complexity index is 184. The Labute approximate surface area is 108 Å². The Kier molecular flexibility index (Phi) is 5.32. The summed E-state index contributed by atoms with van der Waals surface area (Å²) < 4.78 is -0.727. The molecule has 5 heteroatoms. The maximum Gasteiger partial charge on any atom is 0.227 e. The maximum atomic E-state index is 11.6. The number of halogens is 3. The molecular formula is C8H11Br3OS. The van der Waals surface area contributed by atoms with Crippen molar-refractivity contribution >= 4 is 64.7 Å². The molecule has 0 unspecified atom stereocenters. The van der Waals surface area contributed by atoms with Gasteiger partial charge in [-0.3, -0.25) is 4.79 Å². The summed E-state index contributed by atoms with van der Waals surface area (Å²) in [6, 6.07) is 0. The summed E-state index contributed by atoms with van der Waals surface area (Å²) in [6.45, 7) is 0. The fourth-order valence-electron chi connectivity index (χ4n) is 1.40. The van der Waals surface area contributed by atoms with Crippen molar-refractivity contribution in [3.05, 3.63) is 0 Å². The van der Waals surface area contributed by atoms with E-state index in [1.54, 1.807) is 0 Å². The topological polar surface area (TPSA) is 17.1 Å². The Morgan fingerprint density at radius 2 is 1.69 bits per heavy atom. The van der Waals surface area contributed by atoms with Crippen LogP contribution in [0, 0.1) is 0 Å². The van der Waals surface area contributed by atoms with E-state index in [2.05, 4.69) is 47.8 Å². The quantitative estimate of drug-likeness (QED) is 0.612. The molecule has 0 radical (unpaired) electrons. The molecule has 0 saturated heterocycles. The zero-order valence-corrected chi connectivity index (χ0v) is 12.6. The molecular weight excluding hydrogens is 384 g/mol. The molecule has 1 aliphatic rings. The van der Waals surface area contributed by atoms with E-state index in [0.29, 0.717) is 5.25 Å². The monoisotopic (exact) mass is 392 g/mol. The molecule has 0 aromatic heterocycles. The molecule has 1 nitrogen and oxygen atoms in total. The van der Waals surface area contributed by atoms with Gasteiger partial charge in [-0.25, -0.2) is 0 Å². The van der Waals surface area contributed by atoms with E-state index in [4.69, 9.17) is 0 Å². The highest BCUT2D eigenvalue weighted by molar-refractivity contribution is 9.40. The van der Waals surface area contributed by atoms with E-state index in [0.717, 1.165) is 0 Å². The summed E-state index contributed by atoms with van der Waals surface area (Å²) in [5.41, 5.74) is 0. The second kappa shape index (κ2) is 5.52. The van der Waals surface area contributed by atoms with Crippen molar-refractivity contribution in [3.8, 4) is 0 Å². The lowest BCUT2D eigenvalue weighted by Crippen LogP contribution is -2.18. The fraction of sp³-hybridized carbons (Fsp3) is 0.875. The lowest BCUT2D eigenvalue weighted by Gasteiger charge is -2.21. The number of carbonyl (C=O) groups excluding carboxylic acids is 1. The number of alkyl halides is 3. The standard InChI is InChI=1S/C8H11Br3OS/c9-8(10,11)7(12)13-6-4-2-1-3-5-6/h6H,1-5H2. The van der Waals surface area contributed by atoms with Gasteiger partial charge in [0, 0.05) is 5.25 Å². The zero-order valence-electron chi connectivity index (χ0n) is 7.06. The summed E-state index contributed by atoms with van der Waals surface area (Å²) in [5.74, 6) is 0. The minimum Gasteiger partial charge on any atom is -0.284 e. The first-order valence-corrected chi connectivity index (χ1v) is 7.54. The minimum absolute atomic E-state index is 0.111. The van der Waals surface area contributed by atoms with Crippen molar-refractivity contribution in [3.63, 3.8) is 0 Å². The zero-order chi connectivity index (χ0) is 9.90. The third-order valence-electron chi connectivity index (χ3n) is 2.06. The summed E-state index contributed by atoms with van der Waals surface area (Å²) >= 11 is 11.1. The maximum absolute atomic E-state index is 11.6. The van der Waals surface area contributed by atoms with Crippen LogP contribution in [-0.4, -0.2) is 12.5 Å². The molecule has 13 heavy (non-hydrogen) atoms. The Balaban J connectivity index is 2.35. The summed E-state index contributed by atoms with van der Waals surface area (Å²) in [7, 11) is 0. The van der Waals surface area contributed by atoms with E-state index >= 15 is 0 Å². The highest BCUT2D eigenvalue weighted by Gasteiger charge is 2.31. The molecule has 0 aliphatic heterocycles. The van der Waals surface area contributed by atoms with Crippen LogP contribution >= 0.6 is 59.6 Å². The van der Waals surface area contributed by atoms with E-state index in [9.17, 15) is 4.79 Å². The Morgan fingerprint density at radius 3 is 2.15 bits per heavy atom. The lowest BCUT2D eigenvalue weighted by molar-refractivity contribution is -0.109. The average Bonchev–Trinajstić information content (AvgIpc) is 2.04. The second-order valence-electron chi connectivity index (χ2n) is 3.16. The van der Waals surface area contributed by atoms with E-state index in [1.807, 2.05) is 0 Å². The van der Waals surface area contributed by atoms with Crippen molar-refractivity contribution in [2.75, 3.05) is 0 Å². The summed E-state index contributed by atoms with van der Waals surface area (Å²) in [4.78, 5) is 11.6. The van der Waals surface area contributed by atoms with Gasteiger partial charge >= 0.3 is 0 Å². The van der Waals surface area contributed by atoms with Crippen LogP contribution in [0.25, 0.3) is 0 Å². The predicted molar refractivity (Wildman–Crippen MR) is 69.0 cm³/mol. The van der Waals surface area contributed by atoms with Gasteiger partial charge in [-0.15, -0.1) is 0 Å². The number of hydrogen-bond acceptors (Lipinski definition) is 2. The van der Waals surface area contributed by atoms with Crippen molar-refractivity contribution in [1.29, 1.82) is 0 Å². The molecule has 0 spiro atoms. The van der Waals surface area contributed by atoms with Gasteiger partial charge < -0.3 is 0 Å². The number of carbonyl (C=O) groups is 1. The van der Waals surface area contributed by atoms with E-state index in [1.165, 1.54) is 43.9 Å². The van der Waals surface area contributed by atoms with Gasteiger partial charge in [0.15, 0.2) is 0 Å². The van der Waals surface area contributed by atoms with Gasteiger partial charge in [-0.2, -0.15) is 0 Å². The fourth-order valence-corrected chi connectivity index (χ4v) is 3.25. The summed E-state index contributed by atoms with van der Waals surface area (Å²) in [5, 5.41) is 0.632. The van der Waals surface area contributed by atoms with Crippen molar-refractivity contribution < 1.29 is 4.79 Å². The van der Waals surface area contributed by atoms with Gasteiger partial charge in [0.25, 0.3) is 0 Å². The minimum atomic E-state index is -0.727. The number of hydrogen-bond donors (Lipinski definition) is 0. The SMILES string of the molecule is O=C(SC1CCCCC1)C(Br)(Br)Br. The average molecular weight is 395 g/mol. The predicted octanol–water partition coefficient (Wildman–Crippen LogP) is 4.42. The first kappa shape index (κ1) is 12.5.